The van der Waals surface area contributed by atoms with Gasteiger partial charge in [-0.1, -0.05) is 11.6 Å². The Morgan fingerprint density at radius 2 is 2.33 bits per heavy atom. The highest BCUT2D eigenvalue weighted by molar-refractivity contribution is 6.31. The van der Waals surface area contributed by atoms with E-state index in [0.717, 1.165) is 19.4 Å². The Morgan fingerprint density at radius 3 is 3.06 bits per heavy atom. The standard InChI is InChI=1S/C13H17ClN2O2/c14-10-1-2-12(15)11(7-10)13(18)16-5-3-9(8-16)4-6-17/h1-2,7,9,17H,3-6,8,15H2. The number of benzene rings is 1. The molecule has 1 aromatic carbocycles. The zero-order valence-electron chi connectivity index (χ0n) is 10.1. The lowest BCUT2D eigenvalue weighted by molar-refractivity contribution is 0.0786. The summed E-state index contributed by atoms with van der Waals surface area (Å²) in [5, 5.41) is 9.42. The van der Waals surface area contributed by atoms with Gasteiger partial charge in [-0.15, -0.1) is 0 Å². The highest BCUT2D eigenvalue weighted by Gasteiger charge is 2.27. The average molecular weight is 269 g/mol. The number of aliphatic hydroxyl groups excluding tert-OH is 1. The summed E-state index contributed by atoms with van der Waals surface area (Å²) < 4.78 is 0. The Morgan fingerprint density at radius 1 is 1.56 bits per heavy atom. The first-order valence-corrected chi connectivity index (χ1v) is 6.44. The quantitative estimate of drug-likeness (QED) is 0.821. The number of aliphatic hydroxyl groups is 1. The Labute approximate surface area is 111 Å². The molecule has 1 aromatic rings. The third kappa shape index (κ3) is 2.76. The Balaban J connectivity index is 2.10. The number of carbonyl (C=O) groups excluding carboxylic acids is 1. The molecule has 3 N–H and O–H groups in total. The molecular weight excluding hydrogens is 252 g/mol. The smallest absolute Gasteiger partial charge is 0.256 e. The Kier molecular flexibility index (Phi) is 4.09. The molecule has 98 valence electrons. The van der Waals surface area contributed by atoms with Crippen molar-refractivity contribution >= 4 is 23.2 Å². The highest BCUT2D eigenvalue weighted by atomic mass is 35.5. The first-order valence-electron chi connectivity index (χ1n) is 6.07. The molecule has 18 heavy (non-hydrogen) atoms. The molecule has 0 aliphatic carbocycles. The third-order valence-corrected chi connectivity index (χ3v) is 3.59. The molecule has 4 nitrogen and oxygen atoms in total. The van der Waals surface area contributed by atoms with E-state index in [2.05, 4.69) is 0 Å². The second kappa shape index (κ2) is 5.59. The zero-order chi connectivity index (χ0) is 13.1. The average Bonchev–Trinajstić information content (AvgIpc) is 2.80. The van der Waals surface area contributed by atoms with E-state index in [0.29, 0.717) is 28.7 Å². The van der Waals surface area contributed by atoms with Gasteiger partial charge in [-0.2, -0.15) is 0 Å². The molecule has 0 radical (unpaired) electrons. The van der Waals surface area contributed by atoms with Crippen molar-refractivity contribution in [3.63, 3.8) is 0 Å². The van der Waals surface area contributed by atoms with Crippen molar-refractivity contribution in [1.82, 2.24) is 4.90 Å². The lowest BCUT2D eigenvalue weighted by atomic mass is 10.1. The van der Waals surface area contributed by atoms with E-state index < -0.39 is 0 Å². The Hall–Kier alpha value is -1.26. The number of carbonyl (C=O) groups is 1. The van der Waals surface area contributed by atoms with Gasteiger partial charge in [0.05, 0.1) is 5.56 Å². The minimum Gasteiger partial charge on any atom is -0.398 e. The lowest BCUT2D eigenvalue weighted by Gasteiger charge is -2.17. The summed E-state index contributed by atoms with van der Waals surface area (Å²) in [4.78, 5) is 14.1. The van der Waals surface area contributed by atoms with Crippen LogP contribution in [0, 0.1) is 5.92 Å². The van der Waals surface area contributed by atoms with Crippen LogP contribution in [0.15, 0.2) is 18.2 Å². The number of halogens is 1. The normalized spacial score (nSPS) is 19.2. The highest BCUT2D eigenvalue weighted by Crippen LogP contribution is 2.24. The van der Waals surface area contributed by atoms with Crippen molar-refractivity contribution in [2.45, 2.75) is 12.8 Å². The van der Waals surface area contributed by atoms with E-state index in [1.807, 2.05) is 0 Å². The fourth-order valence-electron chi connectivity index (χ4n) is 2.32. The van der Waals surface area contributed by atoms with Crippen LogP contribution in [0.25, 0.3) is 0 Å². The van der Waals surface area contributed by atoms with Crippen molar-refractivity contribution in [1.29, 1.82) is 0 Å². The van der Waals surface area contributed by atoms with Gasteiger partial charge in [0.15, 0.2) is 0 Å². The van der Waals surface area contributed by atoms with Crippen LogP contribution in [0.2, 0.25) is 5.02 Å². The molecule has 1 heterocycles. The second-order valence-corrected chi connectivity index (χ2v) is 5.09. The van der Waals surface area contributed by atoms with Crippen molar-refractivity contribution in [3.8, 4) is 0 Å². The molecule has 0 saturated carbocycles. The molecule has 1 unspecified atom stereocenters. The van der Waals surface area contributed by atoms with Gasteiger partial charge < -0.3 is 15.7 Å². The van der Waals surface area contributed by atoms with Gasteiger partial charge in [-0.25, -0.2) is 0 Å². The maximum absolute atomic E-state index is 12.3. The summed E-state index contributed by atoms with van der Waals surface area (Å²) in [5.74, 6) is 0.315. The molecule has 5 heteroatoms. The van der Waals surface area contributed by atoms with E-state index in [4.69, 9.17) is 22.4 Å². The van der Waals surface area contributed by atoms with Crippen LogP contribution in [-0.4, -0.2) is 35.6 Å². The summed E-state index contributed by atoms with van der Waals surface area (Å²) in [5.41, 5.74) is 6.72. The zero-order valence-corrected chi connectivity index (χ0v) is 10.9. The molecule has 0 aromatic heterocycles. The molecule has 1 amide bonds. The summed E-state index contributed by atoms with van der Waals surface area (Å²) in [6.07, 6.45) is 1.68. The number of nitrogens with zero attached hydrogens (tertiary/aromatic N) is 1. The van der Waals surface area contributed by atoms with E-state index in [-0.39, 0.29) is 12.5 Å². The Bertz CT molecular complexity index is 451. The van der Waals surface area contributed by atoms with Gasteiger partial charge in [0.25, 0.3) is 5.91 Å². The number of nitrogen functional groups attached to an aromatic ring is 1. The van der Waals surface area contributed by atoms with Crippen molar-refractivity contribution in [3.05, 3.63) is 28.8 Å². The minimum atomic E-state index is -0.0737. The minimum absolute atomic E-state index is 0.0737. The van der Waals surface area contributed by atoms with Crippen LogP contribution in [0.4, 0.5) is 5.69 Å². The summed E-state index contributed by atoms with van der Waals surface area (Å²) in [6, 6.07) is 4.93. The van der Waals surface area contributed by atoms with Crippen LogP contribution in [0.3, 0.4) is 0 Å². The number of rotatable bonds is 3. The van der Waals surface area contributed by atoms with Gasteiger partial charge in [-0.05, 0) is 37.0 Å². The van der Waals surface area contributed by atoms with Crippen LogP contribution in [0.1, 0.15) is 23.2 Å². The molecule has 1 aliphatic rings. The molecule has 2 rings (SSSR count). The van der Waals surface area contributed by atoms with E-state index >= 15 is 0 Å². The number of amides is 1. The lowest BCUT2D eigenvalue weighted by Crippen LogP contribution is -2.29. The SMILES string of the molecule is Nc1ccc(Cl)cc1C(=O)N1CCC(CCO)C1. The largest absolute Gasteiger partial charge is 0.398 e. The van der Waals surface area contributed by atoms with E-state index in [9.17, 15) is 4.79 Å². The first-order chi connectivity index (χ1) is 8.61. The number of likely N-dealkylation sites (tertiary alicyclic amines) is 1. The van der Waals surface area contributed by atoms with Gasteiger partial charge in [0.1, 0.15) is 0 Å². The molecule has 1 saturated heterocycles. The summed E-state index contributed by atoms with van der Waals surface area (Å²) in [7, 11) is 0. The van der Waals surface area contributed by atoms with Crippen LogP contribution in [0.5, 0.6) is 0 Å². The molecular formula is C13H17ClN2O2. The number of anilines is 1. The maximum atomic E-state index is 12.3. The fraction of sp³-hybridized carbons (Fsp3) is 0.462. The first kappa shape index (κ1) is 13.2. The van der Waals surface area contributed by atoms with Gasteiger partial charge in [0.2, 0.25) is 0 Å². The molecule has 0 bridgehead atoms. The molecule has 0 spiro atoms. The van der Waals surface area contributed by atoms with E-state index in [1.54, 1.807) is 23.1 Å². The number of hydrogen-bond acceptors (Lipinski definition) is 3. The molecule has 1 aliphatic heterocycles. The second-order valence-electron chi connectivity index (χ2n) is 4.65. The van der Waals surface area contributed by atoms with Crippen molar-refractivity contribution in [2.24, 2.45) is 5.92 Å². The maximum Gasteiger partial charge on any atom is 0.256 e. The van der Waals surface area contributed by atoms with Crippen LogP contribution in [-0.2, 0) is 0 Å². The van der Waals surface area contributed by atoms with Crippen molar-refractivity contribution in [2.75, 3.05) is 25.4 Å². The van der Waals surface area contributed by atoms with Crippen molar-refractivity contribution < 1.29 is 9.90 Å². The van der Waals surface area contributed by atoms with Gasteiger partial charge >= 0.3 is 0 Å². The molecule has 1 atom stereocenters. The predicted octanol–water partition coefficient (Wildman–Crippen LogP) is 1.77. The topological polar surface area (TPSA) is 66.6 Å². The predicted molar refractivity (Wildman–Crippen MR) is 71.6 cm³/mol. The van der Waals surface area contributed by atoms with Gasteiger partial charge in [0, 0.05) is 30.4 Å². The number of hydrogen-bond donors (Lipinski definition) is 2. The fourth-order valence-corrected chi connectivity index (χ4v) is 2.49. The monoisotopic (exact) mass is 268 g/mol. The summed E-state index contributed by atoms with van der Waals surface area (Å²) in [6.45, 7) is 1.58. The van der Waals surface area contributed by atoms with E-state index in [1.165, 1.54) is 0 Å². The molecule has 1 fully saturated rings. The number of nitrogens with two attached hydrogens (primary N) is 1. The van der Waals surface area contributed by atoms with Crippen LogP contribution < -0.4 is 5.73 Å². The summed E-state index contributed by atoms with van der Waals surface area (Å²) >= 11 is 5.89. The van der Waals surface area contributed by atoms with Gasteiger partial charge in [-0.3, -0.25) is 4.79 Å². The van der Waals surface area contributed by atoms with Crippen LogP contribution >= 0.6 is 11.6 Å². The third-order valence-electron chi connectivity index (χ3n) is 3.36.